The van der Waals surface area contributed by atoms with Crippen LogP contribution in [-0.4, -0.2) is 49.3 Å². The number of nitrogens with zero attached hydrogens (tertiary/aromatic N) is 2. The van der Waals surface area contributed by atoms with Crippen LogP contribution < -0.4 is 5.32 Å². The molecule has 0 bridgehead atoms. The van der Waals surface area contributed by atoms with Crippen LogP contribution in [0.3, 0.4) is 0 Å². The molecule has 0 unspecified atom stereocenters. The summed E-state index contributed by atoms with van der Waals surface area (Å²) in [5.41, 5.74) is 0.391. The molecule has 2 atom stereocenters. The van der Waals surface area contributed by atoms with Gasteiger partial charge in [0.05, 0.1) is 0 Å². The fraction of sp³-hybridized carbons (Fsp3) is 0.714. The predicted octanol–water partition coefficient (Wildman–Crippen LogP) is 0.893. The Kier molecular flexibility index (Phi) is 4.03. The molecule has 6 heteroatoms. The Morgan fingerprint density at radius 1 is 1.45 bits per heavy atom. The molecule has 110 valence electrons. The number of nitrogens with one attached hydrogen (secondary N) is 1. The Morgan fingerprint density at radius 3 is 2.80 bits per heavy atom. The van der Waals surface area contributed by atoms with Crippen LogP contribution in [0, 0.1) is 11.8 Å². The SMILES string of the molecule is COCc1cc(C(=O)N2CC[C@@H]3CNC[C@@H]3CC2)no1. The maximum Gasteiger partial charge on any atom is 0.276 e. The van der Waals surface area contributed by atoms with Crippen molar-refractivity contribution >= 4 is 5.91 Å². The van der Waals surface area contributed by atoms with Crippen molar-refractivity contribution in [2.24, 2.45) is 11.8 Å². The summed E-state index contributed by atoms with van der Waals surface area (Å²) in [5.74, 6) is 2.00. The minimum absolute atomic E-state index is 0.0240. The highest BCUT2D eigenvalue weighted by Crippen LogP contribution is 2.27. The van der Waals surface area contributed by atoms with Gasteiger partial charge in [0, 0.05) is 26.3 Å². The zero-order chi connectivity index (χ0) is 13.9. The molecule has 0 spiro atoms. The lowest BCUT2D eigenvalue weighted by Gasteiger charge is -2.19. The van der Waals surface area contributed by atoms with Gasteiger partial charge in [-0.2, -0.15) is 0 Å². The van der Waals surface area contributed by atoms with E-state index < -0.39 is 0 Å². The number of hydrogen-bond donors (Lipinski definition) is 1. The lowest BCUT2D eigenvalue weighted by Crippen LogP contribution is -2.33. The molecule has 0 aromatic carbocycles. The third-order valence-electron chi connectivity index (χ3n) is 4.37. The second-order valence-corrected chi connectivity index (χ2v) is 5.66. The van der Waals surface area contributed by atoms with Crippen molar-refractivity contribution in [3.05, 3.63) is 17.5 Å². The minimum Gasteiger partial charge on any atom is -0.377 e. The van der Waals surface area contributed by atoms with E-state index in [0.29, 0.717) is 29.9 Å². The third-order valence-corrected chi connectivity index (χ3v) is 4.37. The van der Waals surface area contributed by atoms with Gasteiger partial charge in [-0.25, -0.2) is 0 Å². The second kappa shape index (κ2) is 5.93. The van der Waals surface area contributed by atoms with Crippen molar-refractivity contribution < 1.29 is 14.1 Å². The van der Waals surface area contributed by atoms with E-state index in [1.165, 1.54) is 0 Å². The molecule has 2 aliphatic rings. The highest BCUT2D eigenvalue weighted by Gasteiger charge is 2.32. The lowest BCUT2D eigenvalue weighted by atomic mass is 9.92. The maximum atomic E-state index is 12.4. The largest absolute Gasteiger partial charge is 0.377 e. The standard InChI is InChI=1S/C14H21N3O3/c1-19-9-12-6-13(16-20-12)14(18)17-4-2-10-7-15-8-11(10)3-5-17/h6,10-11,15H,2-5,7-9H2,1H3/t10-,11+. The topological polar surface area (TPSA) is 67.6 Å². The Balaban J connectivity index is 1.64. The summed E-state index contributed by atoms with van der Waals surface area (Å²) in [4.78, 5) is 14.3. The Bertz CT molecular complexity index is 460. The molecule has 1 N–H and O–H groups in total. The fourth-order valence-corrected chi connectivity index (χ4v) is 3.21. The normalized spacial score (nSPS) is 26.4. The second-order valence-electron chi connectivity index (χ2n) is 5.66. The molecule has 20 heavy (non-hydrogen) atoms. The zero-order valence-corrected chi connectivity index (χ0v) is 11.8. The highest BCUT2D eigenvalue weighted by atomic mass is 16.5. The first-order valence-electron chi connectivity index (χ1n) is 7.22. The first kappa shape index (κ1) is 13.6. The van der Waals surface area contributed by atoms with Gasteiger partial charge in [-0.15, -0.1) is 0 Å². The molecular formula is C14H21N3O3. The van der Waals surface area contributed by atoms with E-state index in [4.69, 9.17) is 9.26 Å². The Labute approximate surface area is 118 Å². The van der Waals surface area contributed by atoms with Crippen molar-refractivity contribution in [1.29, 1.82) is 0 Å². The van der Waals surface area contributed by atoms with Gasteiger partial charge >= 0.3 is 0 Å². The minimum atomic E-state index is -0.0240. The van der Waals surface area contributed by atoms with Gasteiger partial charge in [0.15, 0.2) is 11.5 Å². The van der Waals surface area contributed by atoms with Crippen molar-refractivity contribution in [2.75, 3.05) is 33.3 Å². The van der Waals surface area contributed by atoms with Crippen LogP contribution in [-0.2, 0) is 11.3 Å². The number of ether oxygens (including phenoxy) is 1. The van der Waals surface area contributed by atoms with Gasteiger partial charge in [-0.1, -0.05) is 5.16 Å². The van der Waals surface area contributed by atoms with E-state index in [9.17, 15) is 4.79 Å². The van der Waals surface area contributed by atoms with Gasteiger partial charge in [0.25, 0.3) is 5.91 Å². The van der Waals surface area contributed by atoms with E-state index in [1.54, 1.807) is 13.2 Å². The Morgan fingerprint density at radius 2 is 2.15 bits per heavy atom. The van der Waals surface area contributed by atoms with Crippen molar-refractivity contribution in [3.63, 3.8) is 0 Å². The zero-order valence-electron chi connectivity index (χ0n) is 11.8. The van der Waals surface area contributed by atoms with Crippen molar-refractivity contribution in [3.8, 4) is 0 Å². The molecule has 2 saturated heterocycles. The summed E-state index contributed by atoms with van der Waals surface area (Å²) < 4.78 is 10.1. The number of methoxy groups -OCH3 is 1. The molecule has 6 nitrogen and oxygen atoms in total. The van der Waals surface area contributed by atoms with E-state index in [2.05, 4.69) is 10.5 Å². The number of hydrogen-bond acceptors (Lipinski definition) is 5. The molecule has 0 saturated carbocycles. The monoisotopic (exact) mass is 279 g/mol. The molecule has 2 fully saturated rings. The van der Waals surface area contributed by atoms with Crippen LogP contribution in [0.25, 0.3) is 0 Å². The van der Waals surface area contributed by atoms with Crippen LogP contribution in [0.4, 0.5) is 0 Å². The molecule has 1 aromatic heterocycles. The van der Waals surface area contributed by atoms with Crippen LogP contribution >= 0.6 is 0 Å². The van der Waals surface area contributed by atoms with E-state index in [1.807, 2.05) is 4.90 Å². The van der Waals surface area contributed by atoms with Crippen LogP contribution in [0.1, 0.15) is 29.1 Å². The third kappa shape index (κ3) is 2.71. The van der Waals surface area contributed by atoms with E-state index in [0.717, 1.165) is 39.0 Å². The van der Waals surface area contributed by atoms with E-state index in [-0.39, 0.29) is 5.91 Å². The smallest absolute Gasteiger partial charge is 0.276 e. The number of carbonyl (C=O) groups is 1. The van der Waals surface area contributed by atoms with Crippen molar-refractivity contribution in [2.45, 2.75) is 19.4 Å². The first-order chi connectivity index (χ1) is 9.78. The molecular weight excluding hydrogens is 258 g/mol. The summed E-state index contributed by atoms with van der Waals surface area (Å²) in [6.07, 6.45) is 2.15. The van der Waals surface area contributed by atoms with Gasteiger partial charge < -0.3 is 19.5 Å². The van der Waals surface area contributed by atoms with Gasteiger partial charge in [-0.05, 0) is 37.8 Å². The van der Waals surface area contributed by atoms with Gasteiger partial charge in [-0.3, -0.25) is 4.79 Å². The predicted molar refractivity (Wildman–Crippen MR) is 72.2 cm³/mol. The number of rotatable bonds is 3. The average molecular weight is 279 g/mol. The number of fused-ring (bicyclic) bond motifs is 1. The number of carbonyl (C=O) groups excluding carboxylic acids is 1. The summed E-state index contributed by atoms with van der Waals surface area (Å²) in [6.45, 7) is 4.15. The summed E-state index contributed by atoms with van der Waals surface area (Å²) in [6, 6.07) is 1.68. The van der Waals surface area contributed by atoms with E-state index >= 15 is 0 Å². The quantitative estimate of drug-likeness (QED) is 0.890. The number of likely N-dealkylation sites (tertiary alicyclic amines) is 1. The summed E-state index contributed by atoms with van der Waals surface area (Å²) in [7, 11) is 1.59. The lowest BCUT2D eigenvalue weighted by molar-refractivity contribution is 0.0747. The molecule has 0 radical (unpaired) electrons. The number of amides is 1. The molecule has 1 amide bonds. The van der Waals surface area contributed by atoms with Crippen LogP contribution in [0.5, 0.6) is 0 Å². The molecule has 3 rings (SSSR count). The van der Waals surface area contributed by atoms with Crippen molar-refractivity contribution in [1.82, 2.24) is 15.4 Å². The summed E-state index contributed by atoms with van der Waals surface area (Å²) in [5, 5.41) is 7.29. The highest BCUT2D eigenvalue weighted by molar-refractivity contribution is 5.92. The number of aromatic nitrogens is 1. The Hall–Kier alpha value is -1.40. The summed E-state index contributed by atoms with van der Waals surface area (Å²) >= 11 is 0. The average Bonchev–Trinajstić information content (AvgIpc) is 3.05. The van der Waals surface area contributed by atoms with Gasteiger partial charge in [0.1, 0.15) is 6.61 Å². The van der Waals surface area contributed by atoms with Crippen LogP contribution in [0.2, 0.25) is 0 Å². The maximum absolute atomic E-state index is 12.4. The first-order valence-corrected chi connectivity index (χ1v) is 7.22. The van der Waals surface area contributed by atoms with Gasteiger partial charge in [0.2, 0.25) is 0 Å². The fourth-order valence-electron chi connectivity index (χ4n) is 3.21. The molecule has 2 aliphatic heterocycles. The molecule has 3 heterocycles. The van der Waals surface area contributed by atoms with Crippen LogP contribution in [0.15, 0.2) is 10.6 Å². The molecule has 1 aromatic rings. The molecule has 0 aliphatic carbocycles.